The Balaban J connectivity index is 1.38. The van der Waals surface area contributed by atoms with Crippen molar-refractivity contribution in [2.75, 3.05) is 39.9 Å². The Labute approximate surface area is 153 Å². The fourth-order valence-electron chi connectivity index (χ4n) is 3.84. The molecule has 6 heteroatoms. The summed E-state index contributed by atoms with van der Waals surface area (Å²) in [6.07, 6.45) is 1.72. The summed E-state index contributed by atoms with van der Waals surface area (Å²) in [6.45, 7) is 4.61. The summed E-state index contributed by atoms with van der Waals surface area (Å²) in [6, 6.07) is 11.6. The summed E-state index contributed by atoms with van der Waals surface area (Å²) in [7, 11) is 1.68. The largest absolute Gasteiger partial charge is 0.497 e. The van der Waals surface area contributed by atoms with Gasteiger partial charge in [0.2, 0.25) is 0 Å². The van der Waals surface area contributed by atoms with Crippen molar-refractivity contribution in [2.24, 2.45) is 5.92 Å². The topological polar surface area (TPSA) is 55.2 Å². The summed E-state index contributed by atoms with van der Waals surface area (Å²) in [5.41, 5.74) is 1.26. The van der Waals surface area contributed by atoms with E-state index in [4.69, 9.17) is 13.9 Å². The van der Waals surface area contributed by atoms with E-state index in [9.17, 15) is 4.79 Å². The van der Waals surface area contributed by atoms with Crippen LogP contribution in [-0.4, -0.2) is 61.7 Å². The zero-order valence-corrected chi connectivity index (χ0v) is 15.0. The molecule has 2 fully saturated rings. The van der Waals surface area contributed by atoms with Gasteiger partial charge in [-0.05, 0) is 29.8 Å². The van der Waals surface area contributed by atoms with Gasteiger partial charge in [0, 0.05) is 38.6 Å². The normalized spacial score (nSPS) is 23.5. The van der Waals surface area contributed by atoms with Crippen LogP contribution in [0, 0.1) is 5.92 Å². The Bertz CT molecular complexity index is 729. The number of fused-ring (bicyclic) bond motifs is 1. The Morgan fingerprint density at radius 2 is 2.04 bits per heavy atom. The van der Waals surface area contributed by atoms with Gasteiger partial charge >= 0.3 is 0 Å². The van der Waals surface area contributed by atoms with E-state index in [0.29, 0.717) is 31.4 Å². The SMILES string of the molecule is COc1ccc(CN2C[C@@H]3CN(C(=O)c4ccco4)CCO[C@@H]3C2)cc1. The highest BCUT2D eigenvalue weighted by Crippen LogP contribution is 2.26. The highest BCUT2D eigenvalue weighted by atomic mass is 16.5. The minimum atomic E-state index is -0.0483. The van der Waals surface area contributed by atoms with Crippen LogP contribution >= 0.6 is 0 Å². The molecule has 0 N–H and O–H groups in total. The van der Waals surface area contributed by atoms with E-state index in [1.54, 1.807) is 19.2 Å². The number of likely N-dealkylation sites (tertiary alicyclic amines) is 1. The van der Waals surface area contributed by atoms with Gasteiger partial charge in [-0.15, -0.1) is 0 Å². The molecule has 0 saturated carbocycles. The standard InChI is InChI=1S/C20H24N2O4/c1-24-17-6-4-15(5-7-17)11-21-12-16-13-22(8-10-26-19(16)14-21)20(23)18-3-2-9-25-18/h2-7,9,16,19H,8,10-14H2,1H3/t16-,19-/m1/s1. The molecule has 2 saturated heterocycles. The van der Waals surface area contributed by atoms with Crippen LogP contribution < -0.4 is 4.74 Å². The van der Waals surface area contributed by atoms with Crippen molar-refractivity contribution >= 4 is 5.91 Å². The molecule has 4 rings (SSSR count). The molecule has 26 heavy (non-hydrogen) atoms. The first-order valence-corrected chi connectivity index (χ1v) is 9.02. The van der Waals surface area contributed by atoms with E-state index in [1.807, 2.05) is 17.0 Å². The summed E-state index contributed by atoms with van der Waals surface area (Å²) in [5.74, 6) is 1.55. The van der Waals surface area contributed by atoms with E-state index < -0.39 is 0 Å². The van der Waals surface area contributed by atoms with E-state index in [2.05, 4.69) is 17.0 Å². The smallest absolute Gasteiger partial charge is 0.289 e. The lowest BCUT2D eigenvalue weighted by Crippen LogP contribution is -2.37. The number of furan rings is 1. The van der Waals surface area contributed by atoms with Gasteiger partial charge in [0.25, 0.3) is 5.91 Å². The maximum Gasteiger partial charge on any atom is 0.289 e. The lowest BCUT2D eigenvalue weighted by molar-refractivity contribution is 0.0498. The van der Waals surface area contributed by atoms with Crippen molar-refractivity contribution in [2.45, 2.75) is 12.6 Å². The second kappa shape index (κ2) is 7.51. The van der Waals surface area contributed by atoms with Crippen molar-refractivity contribution in [3.63, 3.8) is 0 Å². The zero-order valence-electron chi connectivity index (χ0n) is 15.0. The van der Waals surface area contributed by atoms with Crippen molar-refractivity contribution < 1.29 is 18.7 Å². The van der Waals surface area contributed by atoms with Crippen molar-refractivity contribution in [1.29, 1.82) is 0 Å². The van der Waals surface area contributed by atoms with Gasteiger partial charge < -0.3 is 18.8 Å². The summed E-state index contributed by atoms with van der Waals surface area (Å²) < 4.78 is 16.5. The molecular formula is C20H24N2O4. The van der Waals surface area contributed by atoms with Crippen molar-refractivity contribution in [1.82, 2.24) is 9.80 Å². The molecule has 2 aliphatic heterocycles. The van der Waals surface area contributed by atoms with Crippen LogP contribution in [0.1, 0.15) is 16.1 Å². The third-order valence-electron chi connectivity index (χ3n) is 5.19. The Morgan fingerprint density at radius 1 is 1.19 bits per heavy atom. The van der Waals surface area contributed by atoms with Crippen molar-refractivity contribution in [3.05, 3.63) is 54.0 Å². The highest BCUT2D eigenvalue weighted by Gasteiger charge is 2.37. The van der Waals surface area contributed by atoms with Crippen LogP contribution in [0.25, 0.3) is 0 Å². The van der Waals surface area contributed by atoms with Crippen LogP contribution in [0.15, 0.2) is 47.1 Å². The molecule has 138 valence electrons. The van der Waals surface area contributed by atoms with Gasteiger partial charge in [-0.2, -0.15) is 0 Å². The predicted octanol–water partition coefficient (Wildman–Crippen LogP) is 2.26. The molecule has 0 bridgehead atoms. The number of ether oxygens (including phenoxy) is 2. The molecule has 2 atom stereocenters. The number of methoxy groups -OCH3 is 1. The number of carbonyl (C=O) groups excluding carboxylic acids is 1. The number of rotatable bonds is 4. The van der Waals surface area contributed by atoms with Gasteiger partial charge in [-0.1, -0.05) is 12.1 Å². The number of hydrogen-bond acceptors (Lipinski definition) is 5. The molecule has 0 aliphatic carbocycles. The maximum absolute atomic E-state index is 12.6. The monoisotopic (exact) mass is 356 g/mol. The average molecular weight is 356 g/mol. The van der Waals surface area contributed by atoms with Gasteiger partial charge in [-0.25, -0.2) is 0 Å². The first-order valence-electron chi connectivity index (χ1n) is 9.02. The summed E-state index contributed by atoms with van der Waals surface area (Å²) in [5, 5.41) is 0. The number of benzene rings is 1. The van der Waals surface area contributed by atoms with Crippen LogP contribution in [0.3, 0.4) is 0 Å². The van der Waals surface area contributed by atoms with E-state index in [0.717, 1.165) is 25.4 Å². The number of carbonyl (C=O) groups is 1. The van der Waals surface area contributed by atoms with Crippen molar-refractivity contribution in [3.8, 4) is 5.75 Å². The molecule has 3 heterocycles. The third kappa shape index (κ3) is 3.61. The second-order valence-corrected chi connectivity index (χ2v) is 6.94. The first-order chi connectivity index (χ1) is 12.7. The molecule has 1 aromatic heterocycles. The van der Waals surface area contributed by atoms with Gasteiger partial charge in [0.05, 0.1) is 26.1 Å². The third-order valence-corrected chi connectivity index (χ3v) is 5.19. The number of amides is 1. The lowest BCUT2D eigenvalue weighted by Gasteiger charge is -2.22. The van der Waals surface area contributed by atoms with Gasteiger partial charge in [0.1, 0.15) is 5.75 Å². The minimum absolute atomic E-state index is 0.0483. The molecule has 1 amide bonds. The Morgan fingerprint density at radius 3 is 2.77 bits per heavy atom. The number of nitrogens with zero attached hydrogens (tertiary/aromatic N) is 2. The molecule has 2 aliphatic rings. The maximum atomic E-state index is 12.6. The lowest BCUT2D eigenvalue weighted by atomic mass is 10.1. The fourth-order valence-corrected chi connectivity index (χ4v) is 3.84. The molecule has 2 aromatic rings. The predicted molar refractivity (Wildman–Crippen MR) is 96.1 cm³/mol. The fraction of sp³-hybridized carbons (Fsp3) is 0.450. The molecular weight excluding hydrogens is 332 g/mol. The van der Waals surface area contributed by atoms with E-state index in [-0.39, 0.29) is 12.0 Å². The second-order valence-electron chi connectivity index (χ2n) is 6.94. The number of hydrogen-bond donors (Lipinski definition) is 0. The van der Waals surface area contributed by atoms with Crippen LogP contribution in [0.2, 0.25) is 0 Å². The van der Waals surface area contributed by atoms with E-state index in [1.165, 1.54) is 11.8 Å². The highest BCUT2D eigenvalue weighted by molar-refractivity contribution is 5.91. The first kappa shape index (κ1) is 17.1. The zero-order chi connectivity index (χ0) is 17.9. The summed E-state index contributed by atoms with van der Waals surface area (Å²) >= 11 is 0. The Kier molecular flexibility index (Phi) is 4.95. The van der Waals surface area contributed by atoms with Crippen LogP contribution in [0.5, 0.6) is 5.75 Å². The Hall–Kier alpha value is -2.31. The summed E-state index contributed by atoms with van der Waals surface area (Å²) in [4.78, 5) is 16.8. The molecule has 0 radical (unpaired) electrons. The quantitative estimate of drug-likeness (QED) is 0.841. The molecule has 1 aromatic carbocycles. The minimum Gasteiger partial charge on any atom is -0.497 e. The average Bonchev–Trinajstić information content (AvgIpc) is 3.28. The van der Waals surface area contributed by atoms with Crippen LogP contribution in [0.4, 0.5) is 0 Å². The molecule has 0 spiro atoms. The van der Waals surface area contributed by atoms with Crippen LogP contribution in [-0.2, 0) is 11.3 Å². The molecule has 6 nitrogen and oxygen atoms in total. The van der Waals surface area contributed by atoms with Gasteiger partial charge in [0.15, 0.2) is 5.76 Å². The molecule has 0 unspecified atom stereocenters. The van der Waals surface area contributed by atoms with E-state index >= 15 is 0 Å². The van der Waals surface area contributed by atoms with Gasteiger partial charge in [-0.3, -0.25) is 9.69 Å².